The van der Waals surface area contributed by atoms with Gasteiger partial charge in [-0.15, -0.1) is 0 Å². The standard InChI is InChI=1S/C27H40N4O3/c1-26(2)19-12-14-27(26,3)22(17-19)28-15-7-5-4-6-11-23(32)29-20-9-8-10-21(18-20)31-16-13-24(33)30-25(31)34/h8-10,18-19,22,28H,4-7,11-17H2,1-3H3,(H,29,32)(H,30,33,34)/t19-,22+,27+/m1/s1. The predicted molar refractivity (Wildman–Crippen MR) is 135 cm³/mol. The predicted octanol–water partition coefficient (Wildman–Crippen LogP) is 4.83. The average molecular weight is 469 g/mol. The van der Waals surface area contributed by atoms with Gasteiger partial charge < -0.3 is 10.6 Å². The molecule has 1 aliphatic heterocycles. The molecule has 186 valence electrons. The number of hydrogen-bond donors (Lipinski definition) is 3. The molecular weight excluding hydrogens is 428 g/mol. The maximum absolute atomic E-state index is 12.4. The normalized spacial score (nSPS) is 27.7. The Hall–Kier alpha value is -2.41. The lowest BCUT2D eigenvalue weighted by atomic mass is 9.69. The molecule has 3 atom stereocenters. The van der Waals surface area contributed by atoms with Crippen molar-refractivity contribution in [2.24, 2.45) is 16.7 Å². The third kappa shape index (κ3) is 4.99. The first-order valence-electron chi connectivity index (χ1n) is 13.0. The van der Waals surface area contributed by atoms with Crippen molar-refractivity contribution in [3.63, 3.8) is 0 Å². The molecule has 1 heterocycles. The summed E-state index contributed by atoms with van der Waals surface area (Å²) in [6.45, 7) is 8.81. The fraction of sp³-hybridized carbons (Fsp3) is 0.667. The minimum atomic E-state index is -0.424. The number of fused-ring (bicyclic) bond motifs is 2. The number of rotatable bonds is 10. The molecule has 1 saturated heterocycles. The van der Waals surface area contributed by atoms with Crippen LogP contribution in [0.1, 0.15) is 78.6 Å². The van der Waals surface area contributed by atoms with Crippen molar-refractivity contribution in [3.05, 3.63) is 24.3 Å². The number of nitrogens with one attached hydrogen (secondary N) is 3. The van der Waals surface area contributed by atoms with Crippen molar-refractivity contribution in [2.75, 3.05) is 23.3 Å². The van der Waals surface area contributed by atoms with E-state index in [1.807, 2.05) is 6.07 Å². The molecule has 0 unspecified atom stereocenters. The molecule has 7 nitrogen and oxygen atoms in total. The highest BCUT2D eigenvalue weighted by Crippen LogP contribution is 2.65. The number of benzene rings is 1. The van der Waals surface area contributed by atoms with E-state index in [9.17, 15) is 14.4 Å². The van der Waals surface area contributed by atoms with Crippen LogP contribution in [0.25, 0.3) is 0 Å². The van der Waals surface area contributed by atoms with Crippen molar-refractivity contribution < 1.29 is 14.4 Å². The zero-order valence-electron chi connectivity index (χ0n) is 20.9. The zero-order valence-corrected chi connectivity index (χ0v) is 20.9. The van der Waals surface area contributed by atoms with Crippen LogP contribution < -0.4 is 20.9 Å². The van der Waals surface area contributed by atoms with E-state index < -0.39 is 6.03 Å². The van der Waals surface area contributed by atoms with Gasteiger partial charge in [0, 0.05) is 36.8 Å². The lowest BCUT2D eigenvalue weighted by Gasteiger charge is -2.39. The van der Waals surface area contributed by atoms with Crippen LogP contribution >= 0.6 is 0 Å². The molecule has 3 aliphatic rings. The van der Waals surface area contributed by atoms with Gasteiger partial charge in [-0.1, -0.05) is 39.7 Å². The molecule has 4 rings (SSSR count). The van der Waals surface area contributed by atoms with Gasteiger partial charge in [-0.2, -0.15) is 0 Å². The van der Waals surface area contributed by atoms with Crippen molar-refractivity contribution in [1.29, 1.82) is 0 Å². The Morgan fingerprint density at radius 1 is 1.15 bits per heavy atom. The first kappa shape index (κ1) is 24.7. The van der Waals surface area contributed by atoms with Gasteiger partial charge in [0.25, 0.3) is 0 Å². The van der Waals surface area contributed by atoms with E-state index in [-0.39, 0.29) is 18.2 Å². The SMILES string of the molecule is CC1(C)[C@@H]2CC[C@@]1(C)[C@@H](NCCCCCCC(=O)Nc1cccc(N3CCC(=O)NC3=O)c1)C2. The highest BCUT2D eigenvalue weighted by molar-refractivity contribution is 6.05. The summed E-state index contributed by atoms with van der Waals surface area (Å²) in [5, 5.41) is 9.10. The molecule has 0 radical (unpaired) electrons. The Morgan fingerprint density at radius 3 is 2.65 bits per heavy atom. The number of anilines is 2. The van der Waals surface area contributed by atoms with Crippen LogP contribution in [0, 0.1) is 16.7 Å². The van der Waals surface area contributed by atoms with Crippen LogP contribution in [0.5, 0.6) is 0 Å². The van der Waals surface area contributed by atoms with Crippen LogP contribution in [0.2, 0.25) is 0 Å². The quantitative estimate of drug-likeness (QED) is 0.429. The van der Waals surface area contributed by atoms with Gasteiger partial charge in [-0.25, -0.2) is 4.79 Å². The fourth-order valence-electron chi connectivity index (χ4n) is 6.34. The highest BCUT2D eigenvalue weighted by atomic mass is 16.2. The molecule has 0 spiro atoms. The van der Waals surface area contributed by atoms with Crippen LogP contribution in [0.15, 0.2) is 24.3 Å². The second-order valence-corrected chi connectivity index (χ2v) is 11.1. The van der Waals surface area contributed by atoms with Crippen LogP contribution in [-0.4, -0.2) is 37.0 Å². The fourth-order valence-corrected chi connectivity index (χ4v) is 6.34. The molecule has 34 heavy (non-hydrogen) atoms. The lowest BCUT2D eigenvalue weighted by Crippen LogP contribution is -2.49. The van der Waals surface area contributed by atoms with Gasteiger partial charge in [0.2, 0.25) is 11.8 Å². The van der Waals surface area contributed by atoms with Gasteiger partial charge in [0.05, 0.1) is 0 Å². The number of unbranched alkanes of at least 4 members (excludes halogenated alkanes) is 3. The van der Waals surface area contributed by atoms with Crippen LogP contribution in [0.4, 0.5) is 16.2 Å². The minimum Gasteiger partial charge on any atom is -0.326 e. The molecule has 2 bridgehead atoms. The smallest absolute Gasteiger partial charge is 0.326 e. The summed E-state index contributed by atoms with van der Waals surface area (Å²) in [5.41, 5.74) is 2.22. The van der Waals surface area contributed by atoms with E-state index in [1.165, 1.54) is 24.2 Å². The van der Waals surface area contributed by atoms with E-state index in [1.54, 1.807) is 18.2 Å². The molecule has 4 amide bonds. The third-order valence-electron chi connectivity index (χ3n) is 9.01. The summed E-state index contributed by atoms with van der Waals surface area (Å²) in [7, 11) is 0. The maximum atomic E-state index is 12.4. The number of hydrogen-bond acceptors (Lipinski definition) is 4. The Morgan fingerprint density at radius 2 is 1.94 bits per heavy atom. The van der Waals surface area contributed by atoms with E-state index in [0.29, 0.717) is 41.2 Å². The number of nitrogens with zero attached hydrogens (tertiary/aromatic N) is 1. The number of amides is 4. The molecule has 1 aromatic carbocycles. The summed E-state index contributed by atoms with van der Waals surface area (Å²) in [5.74, 6) is 0.603. The molecule has 3 N–H and O–H groups in total. The van der Waals surface area contributed by atoms with Crippen molar-refractivity contribution >= 4 is 29.2 Å². The zero-order chi connectivity index (χ0) is 24.3. The number of imide groups is 1. The Kier molecular flexibility index (Phi) is 7.31. The van der Waals surface area contributed by atoms with Gasteiger partial charge in [-0.3, -0.25) is 19.8 Å². The first-order valence-corrected chi connectivity index (χ1v) is 13.0. The molecule has 1 aromatic rings. The van der Waals surface area contributed by atoms with E-state index in [0.717, 1.165) is 38.1 Å². The van der Waals surface area contributed by atoms with Crippen molar-refractivity contribution in [2.45, 2.75) is 84.6 Å². The molecule has 3 fully saturated rings. The average Bonchev–Trinajstić information content (AvgIpc) is 3.12. The summed E-state index contributed by atoms with van der Waals surface area (Å²) in [6.07, 6.45) is 9.05. The van der Waals surface area contributed by atoms with E-state index in [4.69, 9.17) is 0 Å². The first-order chi connectivity index (χ1) is 16.2. The Labute approximate surface area is 203 Å². The van der Waals surface area contributed by atoms with E-state index >= 15 is 0 Å². The van der Waals surface area contributed by atoms with E-state index in [2.05, 4.69) is 36.7 Å². The summed E-state index contributed by atoms with van der Waals surface area (Å²) in [6, 6.07) is 7.43. The monoisotopic (exact) mass is 468 g/mol. The van der Waals surface area contributed by atoms with Crippen LogP contribution in [0.3, 0.4) is 0 Å². The topological polar surface area (TPSA) is 90.5 Å². The summed E-state index contributed by atoms with van der Waals surface area (Å²) in [4.78, 5) is 37.3. The second-order valence-electron chi connectivity index (χ2n) is 11.1. The third-order valence-corrected chi connectivity index (χ3v) is 9.01. The minimum absolute atomic E-state index is 0.00862. The highest BCUT2D eigenvalue weighted by Gasteiger charge is 2.60. The molecule has 2 saturated carbocycles. The van der Waals surface area contributed by atoms with Crippen molar-refractivity contribution in [3.8, 4) is 0 Å². The van der Waals surface area contributed by atoms with Gasteiger partial charge in [0.1, 0.15) is 0 Å². The Balaban J connectivity index is 1.12. The number of carbonyl (C=O) groups is 3. The molecule has 0 aromatic heterocycles. The number of carbonyl (C=O) groups excluding carboxylic acids is 3. The summed E-state index contributed by atoms with van der Waals surface area (Å²) >= 11 is 0. The lowest BCUT2D eigenvalue weighted by molar-refractivity contribution is -0.120. The van der Waals surface area contributed by atoms with Gasteiger partial charge >= 0.3 is 6.03 Å². The van der Waals surface area contributed by atoms with Crippen LogP contribution in [-0.2, 0) is 9.59 Å². The molecule has 7 heteroatoms. The maximum Gasteiger partial charge on any atom is 0.328 e. The largest absolute Gasteiger partial charge is 0.328 e. The molecular formula is C27H40N4O3. The van der Waals surface area contributed by atoms with Crippen molar-refractivity contribution in [1.82, 2.24) is 10.6 Å². The van der Waals surface area contributed by atoms with Gasteiger partial charge in [-0.05, 0) is 73.6 Å². The molecule has 2 aliphatic carbocycles. The second kappa shape index (κ2) is 10.1. The Bertz CT molecular complexity index is 930. The number of urea groups is 1. The van der Waals surface area contributed by atoms with Gasteiger partial charge in [0.15, 0.2) is 0 Å². The summed E-state index contributed by atoms with van der Waals surface area (Å²) < 4.78 is 0.